The summed E-state index contributed by atoms with van der Waals surface area (Å²) in [4.78, 5) is 7.83. The van der Waals surface area contributed by atoms with Gasteiger partial charge in [-0.15, -0.1) is 24.3 Å². The zero-order valence-corrected chi connectivity index (χ0v) is 14.9. The zero-order valence-electron chi connectivity index (χ0n) is 12.1. The second kappa shape index (κ2) is 9.99. The molecule has 2 heterocycles. The summed E-state index contributed by atoms with van der Waals surface area (Å²) in [6.07, 6.45) is 7.23. The van der Waals surface area contributed by atoms with Crippen LogP contribution in [0.5, 0.6) is 0 Å². The fourth-order valence-electron chi connectivity index (χ4n) is 1.37. The minimum Gasteiger partial charge on any atom is -0.291 e. The van der Waals surface area contributed by atoms with Gasteiger partial charge in [0.15, 0.2) is 0 Å². The van der Waals surface area contributed by atoms with E-state index >= 15 is 0 Å². The van der Waals surface area contributed by atoms with Gasteiger partial charge in [-0.2, -0.15) is 23.0 Å². The van der Waals surface area contributed by atoms with Crippen LogP contribution in [0, 0.1) is 11.8 Å². The summed E-state index contributed by atoms with van der Waals surface area (Å²) in [6.45, 7) is 8.37. The summed E-state index contributed by atoms with van der Waals surface area (Å²) in [5.41, 5.74) is 2.54. The third-order valence-corrected chi connectivity index (χ3v) is 2.52. The molecule has 0 atom stereocenters. The van der Waals surface area contributed by atoms with Crippen molar-refractivity contribution in [1.82, 2.24) is 9.97 Å². The Labute approximate surface area is 142 Å². The van der Waals surface area contributed by atoms with Crippen LogP contribution < -0.4 is 0 Å². The van der Waals surface area contributed by atoms with E-state index in [1.807, 2.05) is 49.1 Å². The predicted molar refractivity (Wildman–Crippen MR) is 75.9 cm³/mol. The molecule has 2 aromatic rings. The molecular formula is C16H20N2Y-2. The Kier molecular flexibility index (Phi) is 9.54. The van der Waals surface area contributed by atoms with Gasteiger partial charge in [-0.1, -0.05) is 27.7 Å². The molecular weight excluding hydrogens is 309 g/mol. The summed E-state index contributed by atoms with van der Waals surface area (Å²) in [6, 6.07) is 8.04. The summed E-state index contributed by atoms with van der Waals surface area (Å²) < 4.78 is 0. The van der Waals surface area contributed by atoms with Crippen LogP contribution in [-0.2, 0) is 32.7 Å². The first-order valence-electron chi connectivity index (χ1n) is 6.02. The molecule has 0 N–H and O–H groups in total. The summed E-state index contributed by atoms with van der Waals surface area (Å²) in [7, 11) is 0. The van der Waals surface area contributed by atoms with E-state index in [1.54, 1.807) is 0 Å². The summed E-state index contributed by atoms with van der Waals surface area (Å²) in [5.74, 6) is 2.66. The number of hydrogen-bond donors (Lipinski definition) is 0. The average Bonchev–Trinajstić information content (AvgIpc) is 2.41. The summed E-state index contributed by atoms with van der Waals surface area (Å²) >= 11 is 0. The molecule has 0 amide bonds. The maximum absolute atomic E-state index is 3.91. The molecule has 2 rings (SSSR count). The molecule has 0 bridgehead atoms. The van der Waals surface area contributed by atoms with E-state index in [0.717, 1.165) is 0 Å². The molecule has 0 saturated heterocycles. The van der Waals surface area contributed by atoms with Crippen LogP contribution in [0.4, 0.5) is 0 Å². The van der Waals surface area contributed by atoms with Crippen LogP contribution in [0.1, 0.15) is 38.8 Å². The van der Waals surface area contributed by atoms with Crippen molar-refractivity contribution in [3.05, 3.63) is 72.0 Å². The monoisotopic (exact) mass is 329 g/mol. The van der Waals surface area contributed by atoms with Crippen LogP contribution >= 0.6 is 0 Å². The second-order valence-corrected chi connectivity index (χ2v) is 4.47. The Hall–Kier alpha value is -0.856. The topological polar surface area (TPSA) is 25.8 Å². The third-order valence-electron chi connectivity index (χ3n) is 2.52. The molecule has 2 aromatic heterocycles. The van der Waals surface area contributed by atoms with E-state index in [2.05, 4.69) is 37.7 Å². The quantitative estimate of drug-likeness (QED) is 0.776. The molecule has 2 nitrogen and oxygen atoms in total. The number of pyridine rings is 2. The SMILES string of the molecule is C[C-](C)c1ccncc1.C[C-](C)c1ccncc1.[Y]. The van der Waals surface area contributed by atoms with E-state index in [0.29, 0.717) is 0 Å². The van der Waals surface area contributed by atoms with Gasteiger partial charge < -0.3 is 0 Å². The van der Waals surface area contributed by atoms with Crippen LogP contribution in [-0.4, -0.2) is 9.97 Å². The van der Waals surface area contributed by atoms with Gasteiger partial charge in [-0.3, -0.25) is 9.97 Å². The van der Waals surface area contributed by atoms with Gasteiger partial charge in [0.25, 0.3) is 0 Å². The molecule has 99 valence electrons. The molecule has 0 saturated carbocycles. The standard InChI is InChI=1S/2C8H10N.Y/c2*1-7(2)8-3-5-9-6-4-8;/h2*3-6H,1-2H3;/q2*-1;. The smallest absolute Gasteiger partial charge is 0 e. The number of rotatable bonds is 2. The zero-order chi connectivity index (χ0) is 13.4. The number of nitrogens with zero attached hydrogens (tertiary/aromatic N) is 2. The Morgan fingerprint density at radius 2 is 0.895 bits per heavy atom. The van der Waals surface area contributed by atoms with Gasteiger partial charge in [0, 0.05) is 32.7 Å². The maximum Gasteiger partial charge on any atom is 0 e. The van der Waals surface area contributed by atoms with Crippen LogP contribution in [0.2, 0.25) is 0 Å². The van der Waals surface area contributed by atoms with Gasteiger partial charge in [0.1, 0.15) is 0 Å². The van der Waals surface area contributed by atoms with Crippen molar-refractivity contribution in [3.8, 4) is 0 Å². The average molecular weight is 329 g/mol. The van der Waals surface area contributed by atoms with E-state index in [9.17, 15) is 0 Å². The largest absolute Gasteiger partial charge is 0.291 e. The Balaban J connectivity index is 0.000000324. The van der Waals surface area contributed by atoms with Crippen LogP contribution in [0.15, 0.2) is 49.1 Å². The minimum atomic E-state index is 0. The fraction of sp³-hybridized carbons (Fsp3) is 0.250. The van der Waals surface area contributed by atoms with Crippen molar-refractivity contribution in [2.45, 2.75) is 27.7 Å². The Bertz CT molecular complexity index is 384. The van der Waals surface area contributed by atoms with Gasteiger partial charge in [-0.05, 0) is 24.8 Å². The molecule has 1 radical (unpaired) electrons. The second-order valence-electron chi connectivity index (χ2n) is 4.47. The fourth-order valence-corrected chi connectivity index (χ4v) is 1.37. The van der Waals surface area contributed by atoms with Crippen molar-refractivity contribution in [2.24, 2.45) is 0 Å². The molecule has 0 aliphatic rings. The molecule has 0 aromatic carbocycles. The van der Waals surface area contributed by atoms with E-state index < -0.39 is 0 Å². The molecule has 3 heteroatoms. The summed E-state index contributed by atoms with van der Waals surface area (Å²) in [5, 5.41) is 0. The van der Waals surface area contributed by atoms with Crippen LogP contribution in [0.25, 0.3) is 0 Å². The van der Waals surface area contributed by atoms with Crippen molar-refractivity contribution < 1.29 is 32.7 Å². The predicted octanol–water partition coefficient (Wildman–Crippen LogP) is 4.09. The number of aromatic nitrogens is 2. The van der Waals surface area contributed by atoms with Crippen molar-refractivity contribution in [3.63, 3.8) is 0 Å². The first-order valence-corrected chi connectivity index (χ1v) is 6.02. The van der Waals surface area contributed by atoms with Crippen molar-refractivity contribution >= 4 is 0 Å². The molecule has 19 heavy (non-hydrogen) atoms. The van der Waals surface area contributed by atoms with Gasteiger partial charge in [0.2, 0.25) is 0 Å². The third kappa shape index (κ3) is 7.34. The Morgan fingerprint density at radius 1 is 0.632 bits per heavy atom. The number of hydrogen-bond acceptors (Lipinski definition) is 2. The van der Waals surface area contributed by atoms with Gasteiger partial charge in [-0.25, -0.2) is 0 Å². The first-order chi connectivity index (χ1) is 8.61. The van der Waals surface area contributed by atoms with E-state index in [4.69, 9.17) is 0 Å². The molecule has 0 aliphatic heterocycles. The van der Waals surface area contributed by atoms with E-state index in [-0.39, 0.29) is 32.7 Å². The van der Waals surface area contributed by atoms with E-state index in [1.165, 1.54) is 23.0 Å². The van der Waals surface area contributed by atoms with Crippen LogP contribution in [0.3, 0.4) is 0 Å². The molecule has 0 aliphatic carbocycles. The van der Waals surface area contributed by atoms with Gasteiger partial charge in [0.05, 0.1) is 0 Å². The molecule has 0 spiro atoms. The molecule has 0 fully saturated rings. The first kappa shape index (κ1) is 18.1. The minimum absolute atomic E-state index is 0. The van der Waals surface area contributed by atoms with Crippen molar-refractivity contribution in [2.75, 3.05) is 0 Å². The Morgan fingerprint density at radius 3 is 1.05 bits per heavy atom. The molecule has 0 unspecified atom stereocenters. The van der Waals surface area contributed by atoms with Crippen molar-refractivity contribution in [1.29, 1.82) is 0 Å². The van der Waals surface area contributed by atoms with Gasteiger partial charge >= 0.3 is 0 Å². The normalized spacial score (nSPS) is 8.63. The maximum atomic E-state index is 3.91.